The molecule has 0 aromatic rings. The largest absolute Gasteiger partial charge is 0.379 e. The standard InChI is InChI=1S/C15H32O2.C6H12O2/c1-5-8-9-10-11-12-13-14-15(4,16-6-2)17-7-3;1-2-3-7-4-6-5-8-6/h5-14H2,1-4H3;6H,2-5H2,1H3. The van der Waals surface area contributed by atoms with Crippen LogP contribution in [0.5, 0.6) is 0 Å². The Morgan fingerprint density at radius 1 is 0.840 bits per heavy atom. The SMILES string of the molecule is CCCCCCCCCC(C)(OCC)OCC.CCCOCC1CO1. The van der Waals surface area contributed by atoms with Gasteiger partial charge in [0.15, 0.2) is 5.79 Å². The molecule has 1 aliphatic rings. The van der Waals surface area contributed by atoms with Gasteiger partial charge < -0.3 is 18.9 Å². The van der Waals surface area contributed by atoms with Gasteiger partial charge in [0.2, 0.25) is 0 Å². The average molecular weight is 361 g/mol. The highest BCUT2D eigenvalue weighted by molar-refractivity contribution is 4.66. The normalized spacial score (nSPS) is 16.4. The van der Waals surface area contributed by atoms with Crippen molar-refractivity contribution in [1.82, 2.24) is 0 Å². The summed E-state index contributed by atoms with van der Waals surface area (Å²) in [5.74, 6) is -0.354. The van der Waals surface area contributed by atoms with Crippen LogP contribution in [0.15, 0.2) is 0 Å². The number of ether oxygens (including phenoxy) is 4. The average Bonchev–Trinajstić information content (AvgIpc) is 3.40. The Balaban J connectivity index is 0.000000593. The van der Waals surface area contributed by atoms with Crippen molar-refractivity contribution in [3.8, 4) is 0 Å². The molecule has 1 heterocycles. The summed E-state index contributed by atoms with van der Waals surface area (Å²) < 4.78 is 21.5. The summed E-state index contributed by atoms with van der Waals surface area (Å²) >= 11 is 0. The van der Waals surface area contributed by atoms with Crippen molar-refractivity contribution in [2.24, 2.45) is 0 Å². The second kappa shape index (κ2) is 17.3. The van der Waals surface area contributed by atoms with Crippen molar-refractivity contribution in [3.63, 3.8) is 0 Å². The molecule has 1 atom stereocenters. The summed E-state index contributed by atoms with van der Waals surface area (Å²) in [5, 5.41) is 0. The molecule has 152 valence electrons. The van der Waals surface area contributed by atoms with E-state index in [2.05, 4.69) is 20.8 Å². The van der Waals surface area contributed by atoms with Crippen LogP contribution in [0, 0.1) is 0 Å². The molecule has 0 N–H and O–H groups in total. The van der Waals surface area contributed by atoms with E-state index in [1.807, 2.05) is 13.8 Å². The number of hydrogen-bond acceptors (Lipinski definition) is 4. The fraction of sp³-hybridized carbons (Fsp3) is 1.00. The molecular weight excluding hydrogens is 316 g/mol. The lowest BCUT2D eigenvalue weighted by Gasteiger charge is -2.29. The van der Waals surface area contributed by atoms with Crippen molar-refractivity contribution in [2.45, 2.75) is 104 Å². The number of hydrogen-bond donors (Lipinski definition) is 0. The molecule has 1 fully saturated rings. The predicted molar refractivity (Wildman–Crippen MR) is 105 cm³/mol. The highest BCUT2D eigenvalue weighted by atomic mass is 16.7. The van der Waals surface area contributed by atoms with Gasteiger partial charge in [-0.05, 0) is 33.6 Å². The van der Waals surface area contributed by atoms with Gasteiger partial charge in [-0.15, -0.1) is 0 Å². The van der Waals surface area contributed by atoms with Crippen LogP contribution in [-0.4, -0.2) is 44.9 Å². The molecular formula is C21H44O4. The fourth-order valence-electron chi connectivity index (χ4n) is 2.72. The molecule has 0 radical (unpaired) electrons. The first-order valence-electron chi connectivity index (χ1n) is 10.6. The van der Waals surface area contributed by atoms with E-state index in [1.165, 1.54) is 44.9 Å². The van der Waals surface area contributed by atoms with Crippen LogP contribution in [-0.2, 0) is 18.9 Å². The van der Waals surface area contributed by atoms with Gasteiger partial charge >= 0.3 is 0 Å². The maximum atomic E-state index is 5.69. The molecule has 1 saturated heterocycles. The third kappa shape index (κ3) is 17.0. The van der Waals surface area contributed by atoms with Crippen LogP contribution in [0.4, 0.5) is 0 Å². The highest BCUT2D eigenvalue weighted by Crippen LogP contribution is 2.21. The molecule has 1 unspecified atom stereocenters. The number of epoxide rings is 1. The predicted octanol–water partition coefficient (Wildman–Crippen LogP) is 5.73. The second-order valence-corrected chi connectivity index (χ2v) is 6.90. The molecule has 1 aliphatic heterocycles. The highest BCUT2D eigenvalue weighted by Gasteiger charge is 2.23. The Morgan fingerprint density at radius 2 is 1.40 bits per heavy atom. The topological polar surface area (TPSA) is 40.2 Å². The zero-order chi connectivity index (χ0) is 18.8. The van der Waals surface area contributed by atoms with Gasteiger partial charge in [-0.2, -0.15) is 0 Å². The van der Waals surface area contributed by atoms with Crippen LogP contribution < -0.4 is 0 Å². The summed E-state index contributed by atoms with van der Waals surface area (Å²) in [6.07, 6.45) is 11.9. The molecule has 0 bridgehead atoms. The van der Waals surface area contributed by atoms with E-state index in [4.69, 9.17) is 18.9 Å². The van der Waals surface area contributed by atoms with Gasteiger partial charge in [0, 0.05) is 26.2 Å². The van der Waals surface area contributed by atoms with Crippen molar-refractivity contribution in [1.29, 1.82) is 0 Å². The van der Waals surface area contributed by atoms with Crippen LogP contribution >= 0.6 is 0 Å². The first kappa shape index (κ1) is 24.8. The van der Waals surface area contributed by atoms with Crippen LogP contribution in [0.2, 0.25) is 0 Å². The summed E-state index contributed by atoms with van der Waals surface area (Å²) in [6.45, 7) is 14.5. The Kier molecular flexibility index (Phi) is 17.2. The van der Waals surface area contributed by atoms with E-state index in [1.54, 1.807) is 0 Å². The number of rotatable bonds is 16. The van der Waals surface area contributed by atoms with E-state index in [9.17, 15) is 0 Å². The molecule has 0 spiro atoms. The first-order chi connectivity index (χ1) is 12.1. The summed E-state index contributed by atoms with van der Waals surface area (Å²) in [6, 6.07) is 0. The lowest BCUT2D eigenvalue weighted by atomic mass is 10.1. The molecule has 0 aromatic carbocycles. The summed E-state index contributed by atoms with van der Waals surface area (Å²) in [5.41, 5.74) is 0. The maximum absolute atomic E-state index is 5.69. The van der Waals surface area contributed by atoms with E-state index >= 15 is 0 Å². The number of unbranched alkanes of at least 4 members (excludes halogenated alkanes) is 6. The minimum absolute atomic E-state index is 0.354. The minimum Gasteiger partial charge on any atom is -0.379 e. The van der Waals surface area contributed by atoms with Crippen molar-refractivity contribution < 1.29 is 18.9 Å². The lowest BCUT2D eigenvalue weighted by molar-refractivity contribution is -0.225. The molecule has 0 aromatic heterocycles. The van der Waals surface area contributed by atoms with E-state index in [0.717, 1.165) is 45.9 Å². The van der Waals surface area contributed by atoms with Crippen LogP contribution in [0.3, 0.4) is 0 Å². The Bertz CT molecular complexity index is 261. The van der Waals surface area contributed by atoms with E-state index in [-0.39, 0.29) is 5.79 Å². The molecule has 4 nitrogen and oxygen atoms in total. The smallest absolute Gasteiger partial charge is 0.165 e. The van der Waals surface area contributed by atoms with Gasteiger partial charge in [0.25, 0.3) is 0 Å². The van der Waals surface area contributed by atoms with Crippen molar-refractivity contribution in [3.05, 3.63) is 0 Å². The maximum Gasteiger partial charge on any atom is 0.165 e. The third-order valence-corrected chi connectivity index (χ3v) is 4.19. The zero-order valence-corrected chi connectivity index (χ0v) is 17.6. The first-order valence-corrected chi connectivity index (χ1v) is 10.6. The van der Waals surface area contributed by atoms with Gasteiger partial charge in [0.1, 0.15) is 6.10 Å². The van der Waals surface area contributed by atoms with Crippen molar-refractivity contribution in [2.75, 3.05) is 33.0 Å². The van der Waals surface area contributed by atoms with Crippen LogP contribution in [0.1, 0.15) is 92.4 Å². The minimum atomic E-state index is -0.354. The van der Waals surface area contributed by atoms with Crippen molar-refractivity contribution >= 4 is 0 Å². The summed E-state index contributed by atoms with van der Waals surface area (Å²) in [4.78, 5) is 0. The molecule has 4 heteroatoms. The lowest BCUT2D eigenvalue weighted by Crippen LogP contribution is -2.32. The van der Waals surface area contributed by atoms with Crippen LogP contribution in [0.25, 0.3) is 0 Å². The van der Waals surface area contributed by atoms with Gasteiger partial charge in [-0.1, -0.05) is 52.4 Å². The fourth-order valence-corrected chi connectivity index (χ4v) is 2.72. The van der Waals surface area contributed by atoms with E-state index in [0.29, 0.717) is 6.10 Å². The third-order valence-electron chi connectivity index (χ3n) is 4.19. The van der Waals surface area contributed by atoms with Gasteiger partial charge in [-0.25, -0.2) is 0 Å². The quantitative estimate of drug-likeness (QED) is 0.200. The molecule has 0 saturated carbocycles. The Morgan fingerprint density at radius 3 is 1.88 bits per heavy atom. The molecule has 0 amide bonds. The van der Waals surface area contributed by atoms with E-state index < -0.39 is 0 Å². The monoisotopic (exact) mass is 360 g/mol. The molecule has 1 rings (SSSR count). The molecule has 0 aliphatic carbocycles. The van der Waals surface area contributed by atoms with Gasteiger partial charge in [-0.3, -0.25) is 0 Å². The molecule has 25 heavy (non-hydrogen) atoms. The summed E-state index contributed by atoms with van der Waals surface area (Å²) in [7, 11) is 0. The Hall–Kier alpha value is -0.160. The Labute approximate surface area is 156 Å². The second-order valence-electron chi connectivity index (χ2n) is 6.90. The van der Waals surface area contributed by atoms with Gasteiger partial charge in [0.05, 0.1) is 13.2 Å². The zero-order valence-electron chi connectivity index (χ0n) is 17.6.